The minimum atomic E-state index is -0.580. The molecule has 0 radical (unpaired) electrons. The second-order valence-corrected chi connectivity index (χ2v) is 5.52. The minimum absolute atomic E-state index is 0.0308. The van der Waals surface area contributed by atoms with Crippen molar-refractivity contribution in [2.75, 3.05) is 33.3 Å². The fourth-order valence-corrected chi connectivity index (χ4v) is 2.93. The Kier molecular flexibility index (Phi) is 5.95. The molecule has 0 aliphatic carbocycles. The smallest absolute Gasteiger partial charge is 0.314 e. The Morgan fingerprint density at radius 2 is 2.22 bits per heavy atom. The van der Waals surface area contributed by atoms with E-state index in [1.807, 2.05) is 6.08 Å². The molecule has 23 heavy (non-hydrogen) atoms. The summed E-state index contributed by atoms with van der Waals surface area (Å²) in [6.45, 7) is 7.29. The van der Waals surface area contributed by atoms with E-state index in [0.717, 1.165) is 44.6 Å². The van der Waals surface area contributed by atoms with E-state index >= 15 is 0 Å². The van der Waals surface area contributed by atoms with Crippen molar-refractivity contribution >= 4 is 5.69 Å². The third-order valence-corrected chi connectivity index (χ3v) is 4.12. The molecule has 7 nitrogen and oxygen atoms in total. The number of nitro benzene ring substituents is 1. The number of nitrogens with zero attached hydrogens (tertiary/aromatic N) is 2. The van der Waals surface area contributed by atoms with E-state index in [-0.39, 0.29) is 17.5 Å². The summed E-state index contributed by atoms with van der Waals surface area (Å²) in [6.07, 6.45) is 3.47. The van der Waals surface area contributed by atoms with Gasteiger partial charge in [-0.15, -0.1) is 6.58 Å². The molecule has 1 aliphatic heterocycles. The van der Waals surface area contributed by atoms with E-state index in [1.54, 1.807) is 6.07 Å². The molecule has 0 unspecified atom stereocenters. The molecule has 2 N–H and O–H groups in total. The predicted molar refractivity (Wildman–Crippen MR) is 87.9 cm³/mol. The number of allylic oxidation sites excluding steroid dienone is 1. The summed E-state index contributed by atoms with van der Waals surface area (Å²) in [6, 6.07) is 3.18. The third kappa shape index (κ3) is 4.00. The Balaban J connectivity index is 2.41. The van der Waals surface area contributed by atoms with Crippen LogP contribution in [0.1, 0.15) is 24.4 Å². The van der Waals surface area contributed by atoms with Gasteiger partial charge >= 0.3 is 5.69 Å². The predicted octanol–water partition coefficient (Wildman–Crippen LogP) is 2.22. The second-order valence-electron chi connectivity index (χ2n) is 5.52. The van der Waals surface area contributed by atoms with Crippen molar-refractivity contribution in [2.45, 2.75) is 18.9 Å². The molecule has 0 saturated carbocycles. The van der Waals surface area contributed by atoms with Crippen LogP contribution in [0.25, 0.3) is 0 Å². The number of rotatable bonds is 7. The molecule has 2 rings (SSSR count). The van der Waals surface area contributed by atoms with Crippen LogP contribution in [0, 0.1) is 10.1 Å². The number of benzene rings is 1. The lowest BCUT2D eigenvalue weighted by Crippen LogP contribution is -2.45. The topological polar surface area (TPSA) is 87.9 Å². The van der Waals surface area contributed by atoms with Crippen LogP contribution in [0.4, 0.5) is 5.69 Å². The molecule has 1 fully saturated rings. The molecular weight excluding hydrogens is 298 g/mol. The molecule has 1 aliphatic rings. The summed E-state index contributed by atoms with van der Waals surface area (Å²) in [4.78, 5) is 12.9. The normalized spacial score (nSPS) is 16.7. The van der Waals surface area contributed by atoms with Gasteiger partial charge in [-0.1, -0.05) is 6.08 Å². The summed E-state index contributed by atoms with van der Waals surface area (Å²) in [5, 5.41) is 24.5. The minimum Gasteiger partial charge on any atom is -0.500 e. The number of nitrogens with one attached hydrogen (secondary N) is 1. The van der Waals surface area contributed by atoms with Crippen LogP contribution >= 0.6 is 0 Å². The zero-order valence-electron chi connectivity index (χ0n) is 13.3. The summed E-state index contributed by atoms with van der Waals surface area (Å²) in [7, 11) is 1.39. The van der Waals surface area contributed by atoms with Crippen molar-refractivity contribution in [2.24, 2.45) is 0 Å². The van der Waals surface area contributed by atoms with Gasteiger partial charge in [0.05, 0.1) is 12.0 Å². The van der Waals surface area contributed by atoms with Gasteiger partial charge in [-0.25, -0.2) is 0 Å². The molecule has 0 bridgehead atoms. The maximum absolute atomic E-state index is 11.2. The van der Waals surface area contributed by atoms with E-state index in [9.17, 15) is 15.2 Å². The first kappa shape index (κ1) is 17.2. The fraction of sp³-hybridized carbons (Fsp3) is 0.500. The molecule has 1 heterocycles. The number of ether oxygens (including phenoxy) is 1. The maximum atomic E-state index is 11.2. The number of aromatic hydroxyl groups is 1. The third-order valence-electron chi connectivity index (χ3n) is 4.12. The van der Waals surface area contributed by atoms with Gasteiger partial charge in [0, 0.05) is 38.3 Å². The van der Waals surface area contributed by atoms with E-state index in [2.05, 4.69) is 16.8 Å². The number of phenolic OH excluding ortho intramolecular Hbond substituents is 1. The number of piperazine rings is 1. The highest BCUT2D eigenvalue weighted by molar-refractivity contribution is 5.57. The van der Waals surface area contributed by atoms with Crippen LogP contribution in [-0.2, 0) is 0 Å². The van der Waals surface area contributed by atoms with Crippen LogP contribution in [0.3, 0.4) is 0 Å². The maximum Gasteiger partial charge on any atom is 0.314 e. The standard InChI is InChI=1S/C16H23N3O4/c1-3-4-5-13(18-8-6-17-7-9-18)12-10-14(19(21)22)16(20)15(11-12)23-2/h3,10-11,13,17,20H,1,4-9H2,2H3/t13-/m0/s1. The van der Waals surface area contributed by atoms with Gasteiger partial charge < -0.3 is 15.2 Å². The Morgan fingerprint density at radius 3 is 2.78 bits per heavy atom. The summed E-state index contributed by atoms with van der Waals surface area (Å²) in [5.74, 6) is -0.294. The lowest BCUT2D eigenvalue weighted by molar-refractivity contribution is -0.386. The second kappa shape index (κ2) is 7.94. The van der Waals surface area contributed by atoms with Crippen LogP contribution in [0.15, 0.2) is 24.8 Å². The van der Waals surface area contributed by atoms with Gasteiger partial charge in [0.25, 0.3) is 0 Å². The molecule has 1 saturated heterocycles. The summed E-state index contributed by atoms with van der Waals surface area (Å²) in [5.41, 5.74) is 0.466. The molecule has 126 valence electrons. The van der Waals surface area contributed by atoms with Crippen molar-refractivity contribution in [3.05, 3.63) is 40.5 Å². The van der Waals surface area contributed by atoms with E-state index in [4.69, 9.17) is 4.74 Å². The number of hydrogen-bond acceptors (Lipinski definition) is 6. The summed E-state index contributed by atoms with van der Waals surface area (Å²) >= 11 is 0. The van der Waals surface area contributed by atoms with E-state index in [0.29, 0.717) is 0 Å². The Morgan fingerprint density at radius 1 is 1.52 bits per heavy atom. The van der Waals surface area contributed by atoms with Crippen LogP contribution in [0.5, 0.6) is 11.5 Å². The first-order valence-electron chi connectivity index (χ1n) is 7.69. The highest BCUT2D eigenvalue weighted by atomic mass is 16.6. The van der Waals surface area contributed by atoms with Gasteiger partial charge in [0.1, 0.15) is 0 Å². The van der Waals surface area contributed by atoms with Crippen LogP contribution in [-0.4, -0.2) is 48.2 Å². The average Bonchev–Trinajstić information content (AvgIpc) is 2.57. The molecule has 1 aromatic rings. The highest BCUT2D eigenvalue weighted by Crippen LogP contribution is 2.40. The van der Waals surface area contributed by atoms with Gasteiger partial charge in [-0.3, -0.25) is 15.0 Å². The molecule has 1 aromatic carbocycles. The van der Waals surface area contributed by atoms with Crippen LogP contribution in [0.2, 0.25) is 0 Å². The number of methoxy groups -OCH3 is 1. The Hall–Kier alpha value is -2.12. The highest BCUT2D eigenvalue weighted by Gasteiger charge is 2.27. The largest absolute Gasteiger partial charge is 0.500 e. The Labute approximate surface area is 135 Å². The van der Waals surface area contributed by atoms with Gasteiger partial charge in [-0.05, 0) is 24.5 Å². The first-order valence-corrected chi connectivity index (χ1v) is 7.69. The fourth-order valence-electron chi connectivity index (χ4n) is 2.93. The monoisotopic (exact) mass is 321 g/mol. The van der Waals surface area contributed by atoms with E-state index in [1.165, 1.54) is 13.2 Å². The summed E-state index contributed by atoms with van der Waals surface area (Å²) < 4.78 is 5.11. The van der Waals surface area contributed by atoms with Crippen molar-refractivity contribution in [1.82, 2.24) is 10.2 Å². The zero-order chi connectivity index (χ0) is 16.8. The molecule has 0 amide bonds. The molecule has 7 heteroatoms. The Bertz CT molecular complexity index is 571. The van der Waals surface area contributed by atoms with Crippen molar-refractivity contribution in [1.29, 1.82) is 0 Å². The zero-order valence-corrected chi connectivity index (χ0v) is 13.3. The van der Waals surface area contributed by atoms with Gasteiger partial charge in [0.15, 0.2) is 5.75 Å². The number of nitro groups is 1. The van der Waals surface area contributed by atoms with E-state index < -0.39 is 10.7 Å². The lowest BCUT2D eigenvalue weighted by Gasteiger charge is -2.35. The molecule has 0 spiro atoms. The van der Waals surface area contributed by atoms with Crippen molar-refractivity contribution < 1.29 is 14.8 Å². The number of phenols is 1. The van der Waals surface area contributed by atoms with Crippen molar-refractivity contribution in [3.63, 3.8) is 0 Å². The SMILES string of the molecule is C=CCC[C@@H](c1cc(OC)c(O)c([N+](=O)[O-])c1)N1CCNCC1. The molecular formula is C16H23N3O4. The quantitative estimate of drug-likeness (QED) is 0.455. The average molecular weight is 321 g/mol. The molecule has 1 atom stereocenters. The van der Waals surface area contributed by atoms with Gasteiger partial charge in [-0.2, -0.15) is 0 Å². The van der Waals surface area contributed by atoms with Crippen LogP contribution < -0.4 is 10.1 Å². The lowest BCUT2D eigenvalue weighted by atomic mass is 9.98. The van der Waals surface area contributed by atoms with Crippen molar-refractivity contribution in [3.8, 4) is 11.5 Å². The first-order chi connectivity index (χ1) is 11.1. The number of hydrogen-bond donors (Lipinski definition) is 2. The van der Waals surface area contributed by atoms with Gasteiger partial charge in [0.2, 0.25) is 5.75 Å². The molecule has 0 aromatic heterocycles.